The van der Waals surface area contributed by atoms with Gasteiger partial charge in [0.15, 0.2) is 4.34 Å². The predicted molar refractivity (Wildman–Crippen MR) is 146 cm³/mol. The van der Waals surface area contributed by atoms with E-state index in [9.17, 15) is 9.59 Å². The van der Waals surface area contributed by atoms with E-state index in [1.807, 2.05) is 37.4 Å². The summed E-state index contributed by atoms with van der Waals surface area (Å²) in [6.45, 7) is 3.02. The van der Waals surface area contributed by atoms with Gasteiger partial charge >= 0.3 is 0 Å². The molecule has 0 aliphatic heterocycles. The van der Waals surface area contributed by atoms with E-state index in [4.69, 9.17) is 23.2 Å². The summed E-state index contributed by atoms with van der Waals surface area (Å²) in [4.78, 5) is 25.9. The van der Waals surface area contributed by atoms with E-state index in [1.165, 1.54) is 23.1 Å². The number of benzene rings is 2. The molecule has 7 nitrogen and oxygen atoms in total. The predicted octanol–water partition coefficient (Wildman–Crippen LogP) is 6.07. The van der Waals surface area contributed by atoms with Gasteiger partial charge in [-0.25, -0.2) is 0 Å². The third-order valence-corrected chi connectivity index (χ3v) is 8.29. The summed E-state index contributed by atoms with van der Waals surface area (Å²) in [6, 6.07) is 12.8. The molecule has 4 aromatic rings. The third-order valence-electron chi connectivity index (χ3n) is 4.85. The van der Waals surface area contributed by atoms with Crippen LogP contribution in [0.5, 0.6) is 0 Å². The Balaban J connectivity index is 1.37. The number of nitrogens with one attached hydrogen (secondary N) is 2. The highest BCUT2D eigenvalue weighted by atomic mass is 35.5. The van der Waals surface area contributed by atoms with Crippen LogP contribution in [0.3, 0.4) is 0 Å². The normalized spacial score (nSPS) is 11.1. The zero-order chi connectivity index (χ0) is 24.8. The molecule has 0 saturated carbocycles. The van der Waals surface area contributed by atoms with Gasteiger partial charge in [0.25, 0.3) is 5.91 Å². The number of para-hydroxylation sites is 1. The second-order valence-corrected chi connectivity index (χ2v) is 11.6. The molecular weight excluding hydrogens is 545 g/mol. The van der Waals surface area contributed by atoms with E-state index >= 15 is 0 Å². The molecule has 0 aliphatic rings. The Morgan fingerprint density at radius 3 is 2.74 bits per heavy atom. The van der Waals surface area contributed by atoms with Gasteiger partial charge in [-0.3, -0.25) is 14.9 Å². The number of halogens is 2. The molecule has 0 radical (unpaired) electrons. The summed E-state index contributed by atoms with van der Waals surface area (Å²) in [5.74, 6) is 0.756. The SMILES string of the molecule is CCSc1nnc(NC(=O)CSc2cn(CCNC(=O)c3ccc(Cl)cc3Cl)c3ccccc23)s1. The standard InChI is InChI=1S/C23H21Cl2N5O2S3/c1-2-33-23-29-28-22(35-23)27-20(31)13-34-19-12-30(18-6-4-3-5-16(18)19)10-9-26-21(32)15-8-7-14(24)11-17(15)25/h3-8,11-12H,2,9-10,13H2,1H3,(H,26,32)(H,27,28,31). The van der Waals surface area contributed by atoms with Crippen molar-refractivity contribution in [3.8, 4) is 0 Å². The number of anilines is 1. The van der Waals surface area contributed by atoms with Gasteiger partial charge in [-0.05, 0) is 30.0 Å². The highest BCUT2D eigenvalue weighted by Gasteiger charge is 2.14. The van der Waals surface area contributed by atoms with Crippen LogP contribution < -0.4 is 10.6 Å². The molecule has 4 rings (SSSR count). The molecule has 12 heteroatoms. The first-order chi connectivity index (χ1) is 16.9. The first-order valence-electron chi connectivity index (χ1n) is 10.6. The van der Waals surface area contributed by atoms with Crippen LogP contribution in [0.1, 0.15) is 17.3 Å². The van der Waals surface area contributed by atoms with E-state index in [2.05, 4.69) is 25.4 Å². The molecule has 0 fully saturated rings. The van der Waals surface area contributed by atoms with Crippen LogP contribution in [0, 0.1) is 0 Å². The van der Waals surface area contributed by atoms with Crippen molar-refractivity contribution in [3.05, 3.63) is 64.3 Å². The van der Waals surface area contributed by atoms with Crippen molar-refractivity contribution in [1.82, 2.24) is 20.1 Å². The summed E-state index contributed by atoms with van der Waals surface area (Å²) < 4.78 is 2.90. The van der Waals surface area contributed by atoms with Gasteiger partial charge in [-0.15, -0.1) is 22.0 Å². The summed E-state index contributed by atoms with van der Waals surface area (Å²) in [7, 11) is 0. The molecule has 0 atom stereocenters. The molecule has 0 aliphatic carbocycles. The highest BCUT2D eigenvalue weighted by molar-refractivity contribution is 8.01. The van der Waals surface area contributed by atoms with Crippen molar-refractivity contribution >= 4 is 85.9 Å². The van der Waals surface area contributed by atoms with E-state index in [0.29, 0.717) is 33.8 Å². The second-order valence-electron chi connectivity index (χ2n) is 7.23. The quantitative estimate of drug-likeness (QED) is 0.179. The second kappa shape index (κ2) is 12.1. The number of hydrogen-bond donors (Lipinski definition) is 2. The van der Waals surface area contributed by atoms with Crippen molar-refractivity contribution in [3.63, 3.8) is 0 Å². The fraction of sp³-hybridized carbons (Fsp3) is 0.217. The lowest BCUT2D eigenvalue weighted by Crippen LogP contribution is -2.27. The molecule has 182 valence electrons. The molecular formula is C23H21Cl2N5O2S3. The van der Waals surface area contributed by atoms with Crippen molar-refractivity contribution < 1.29 is 9.59 Å². The lowest BCUT2D eigenvalue weighted by atomic mass is 10.2. The minimum absolute atomic E-state index is 0.136. The van der Waals surface area contributed by atoms with Crippen LogP contribution in [-0.2, 0) is 11.3 Å². The number of carbonyl (C=O) groups excluding carboxylic acids is 2. The maximum Gasteiger partial charge on any atom is 0.252 e. The zero-order valence-electron chi connectivity index (χ0n) is 18.6. The van der Waals surface area contributed by atoms with Crippen LogP contribution in [0.2, 0.25) is 10.0 Å². The Kier molecular flexibility index (Phi) is 8.96. The van der Waals surface area contributed by atoms with Crippen LogP contribution in [0.4, 0.5) is 5.13 Å². The number of carbonyl (C=O) groups is 2. The summed E-state index contributed by atoms with van der Waals surface area (Å²) >= 11 is 16.5. The first-order valence-corrected chi connectivity index (χ1v) is 14.2. The zero-order valence-corrected chi connectivity index (χ0v) is 22.5. The lowest BCUT2D eigenvalue weighted by Gasteiger charge is -2.09. The molecule has 2 amide bonds. The van der Waals surface area contributed by atoms with E-state index < -0.39 is 0 Å². The molecule has 0 unspecified atom stereocenters. The van der Waals surface area contributed by atoms with Crippen LogP contribution in [0.15, 0.2) is 57.9 Å². The highest BCUT2D eigenvalue weighted by Crippen LogP contribution is 2.31. The summed E-state index contributed by atoms with van der Waals surface area (Å²) in [5.41, 5.74) is 1.41. The van der Waals surface area contributed by atoms with Crippen molar-refractivity contribution in [2.24, 2.45) is 0 Å². The topological polar surface area (TPSA) is 88.9 Å². The van der Waals surface area contributed by atoms with Gasteiger partial charge < -0.3 is 9.88 Å². The fourth-order valence-corrected chi connectivity index (χ4v) is 6.36. The molecule has 0 bridgehead atoms. The average molecular weight is 567 g/mol. The van der Waals surface area contributed by atoms with E-state index in [-0.39, 0.29) is 17.6 Å². The van der Waals surface area contributed by atoms with Crippen LogP contribution >= 0.6 is 58.1 Å². The minimum Gasteiger partial charge on any atom is -0.350 e. The van der Waals surface area contributed by atoms with Gasteiger partial charge in [0, 0.05) is 40.1 Å². The van der Waals surface area contributed by atoms with Crippen LogP contribution in [0.25, 0.3) is 10.9 Å². The van der Waals surface area contributed by atoms with Gasteiger partial charge in [0.1, 0.15) is 0 Å². The number of fused-ring (bicyclic) bond motifs is 1. The first kappa shape index (κ1) is 25.8. The van der Waals surface area contributed by atoms with Crippen molar-refractivity contribution in [2.45, 2.75) is 22.7 Å². The molecule has 0 saturated heterocycles. The molecule has 2 N–H and O–H groups in total. The monoisotopic (exact) mass is 565 g/mol. The maximum atomic E-state index is 12.5. The molecule has 2 aromatic heterocycles. The summed E-state index contributed by atoms with van der Waals surface area (Å²) in [6.07, 6.45) is 2.00. The Labute approximate surface area is 225 Å². The van der Waals surface area contributed by atoms with Gasteiger partial charge in [-0.2, -0.15) is 0 Å². The Hall–Kier alpha value is -2.24. The average Bonchev–Trinajstić information content (AvgIpc) is 3.42. The molecule has 2 heterocycles. The number of hydrogen-bond acceptors (Lipinski definition) is 7. The third kappa shape index (κ3) is 6.71. The number of thioether (sulfide) groups is 2. The molecule has 35 heavy (non-hydrogen) atoms. The number of aromatic nitrogens is 3. The molecule has 2 aromatic carbocycles. The number of rotatable bonds is 10. The Bertz CT molecular complexity index is 1360. The lowest BCUT2D eigenvalue weighted by molar-refractivity contribution is -0.113. The maximum absolute atomic E-state index is 12.5. The van der Waals surface area contributed by atoms with Crippen molar-refractivity contribution in [2.75, 3.05) is 23.4 Å². The largest absolute Gasteiger partial charge is 0.350 e. The van der Waals surface area contributed by atoms with Gasteiger partial charge in [0.2, 0.25) is 11.0 Å². The van der Waals surface area contributed by atoms with Crippen molar-refractivity contribution in [1.29, 1.82) is 0 Å². The van der Waals surface area contributed by atoms with E-state index in [0.717, 1.165) is 25.9 Å². The van der Waals surface area contributed by atoms with Crippen LogP contribution in [-0.4, -0.2) is 44.6 Å². The Morgan fingerprint density at radius 2 is 1.94 bits per heavy atom. The summed E-state index contributed by atoms with van der Waals surface area (Å²) in [5, 5.41) is 16.1. The Morgan fingerprint density at radius 1 is 1.11 bits per heavy atom. The van der Waals surface area contributed by atoms with Gasteiger partial charge in [-0.1, -0.05) is 71.4 Å². The fourth-order valence-electron chi connectivity index (χ4n) is 3.31. The van der Waals surface area contributed by atoms with Gasteiger partial charge in [0.05, 0.1) is 16.3 Å². The molecule has 0 spiro atoms. The smallest absolute Gasteiger partial charge is 0.252 e. The number of amides is 2. The van der Waals surface area contributed by atoms with E-state index in [1.54, 1.807) is 30.0 Å². The number of nitrogens with zero attached hydrogens (tertiary/aromatic N) is 3. The minimum atomic E-state index is -0.258.